The highest BCUT2D eigenvalue weighted by molar-refractivity contribution is 5.92. The van der Waals surface area contributed by atoms with Crippen LogP contribution in [0.1, 0.15) is 67.0 Å². The molecule has 0 bridgehead atoms. The Kier molecular flexibility index (Phi) is 4.76. The van der Waals surface area contributed by atoms with Gasteiger partial charge in [-0.15, -0.1) is 0 Å². The van der Waals surface area contributed by atoms with Crippen LogP contribution in [0, 0.1) is 17.2 Å². The third kappa shape index (κ3) is 3.57. The number of carbonyl (C=O) groups excluding carboxylic acids is 1. The summed E-state index contributed by atoms with van der Waals surface area (Å²) in [6.45, 7) is 2.96. The van der Waals surface area contributed by atoms with Crippen molar-refractivity contribution in [3.63, 3.8) is 0 Å². The molecular formula is C19H27N5O. The lowest BCUT2D eigenvalue weighted by molar-refractivity contribution is 0.0533. The van der Waals surface area contributed by atoms with Crippen molar-refractivity contribution in [3.8, 4) is 6.07 Å². The molecule has 3 fully saturated rings. The molecular weight excluding hydrogens is 314 g/mol. The van der Waals surface area contributed by atoms with Crippen molar-refractivity contribution in [3.05, 3.63) is 17.5 Å². The number of aromatic amines is 1. The third-order valence-corrected chi connectivity index (χ3v) is 6.06. The Morgan fingerprint density at radius 1 is 1.16 bits per heavy atom. The Bertz CT molecular complexity index is 645. The van der Waals surface area contributed by atoms with Gasteiger partial charge in [0.05, 0.1) is 6.07 Å². The Morgan fingerprint density at radius 2 is 1.88 bits per heavy atom. The van der Waals surface area contributed by atoms with Crippen molar-refractivity contribution in [1.82, 2.24) is 20.0 Å². The molecule has 1 aromatic rings. The van der Waals surface area contributed by atoms with Crippen LogP contribution in [0.5, 0.6) is 0 Å². The zero-order valence-electron chi connectivity index (χ0n) is 14.8. The predicted octanol–water partition coefficient (Wildman–Crippen LogP) is 2.52. The second-order valence-electron chi connectivity index (χ2n) is 7.78. The highest BCUT2D eigenvalue weighted by Gasteiger charge is 2.33. The van der Waals surface area contributed by atoms with E-state index in [0.717, 1.165) is 18.8 Å². The number of amides is 1. The monoisotopic (exact) mass is 341 g/mol. The van der Waals surface area contributed by atoms with Crippen LogP contribution in [-0.2, 0) is 0 Å². The number of hydrogen-bond donors (Lipinski definition) is 1. The molecule has 1 N–H and O–H groups in total. The molecule has 0 radical (unpaired) electrons. The Hall–Kier alpha value is -1.87. The molecule has 4 rings (SSSR count). The molecule has 1 unspecified atom stereocenters. The van der Waals surface area contributed by atoms with Gasteiger partial charge >= 0.3 is 0 Å². The van der Waals surface area contributed by atoms with Crippen LogP contribution in [0.25, 0.3) is 0 Å². The van der Waals surface area contributed by atoms with E-state index >= 15 is 0 Å². The normalized spacial score (nSPS) is 24.0. The minimum absolute atomic E-state index is 0.0180. The van der Waals surface area contributed by atoms with Gasteiger partial charge in [0.15, 0.2) is 0 Å². The lowest BCUT2D eigenvalue weighted by Crippen LogP contribution is -2.53. The zero-order valence-corrected chi connectivity index (χ0v) is 14.8. The Labute approximate surface area is 149 Å². The van der Waals surface area contributed by atoms with Crippen molar-refractivity contribution in [2.75, 3.05) is 26.2 Å². The molecule has 134 valence electrons. The number of carbonyl (C=O) groups is 1. The van der Waals surface area contributed by atoms with Crippen LogP contribution >= 0.6 is 0 Å². The van der Waals surface area contributed by atoms with Crippen LogP contribution in [-0.4, -0.2) is 58.1 Å². The smallest absolute Gasteiger partial charge is 0.274 e. The van der Waals surface area contributed by atoms with Gasteiger partial charge in [0.25, 0.3) is 5.91 Å². The van der Waals surface area contributed by atoms with E-state index in [9.17, 15) is 10.1 Å². The second kappa shape index (κ2) is 7.17. The molecule has 2 heterocycles. The summed E-state index contributed by atoms with van der Waals surface area (Å²) in [5, 5.41) is 16.9. The maximum Gasteiger partial charge on any atom is 0.274 e. The predicted molar refractivity (Wildman–Crippen MR) is 94.0 cm³/mol. The Balaban J connectivity index is 1.33. The minimum atomic E-state index is 0.0180. The van der Waals surface area contributed by atoms with Crippen LogP contribution < -0.4 is 0 Å². The van der Waals surface area contributed by atoms with E-state index in [1.807, 2.05) is 11.0 Å². The molecule has 0 aromatic carbocycles. The van der Waals surface area contributed by atoms with E-state index < -0.39 is 0 Å². The maximum absolute atomic E-state index is 12.7. The number of piperazine rings is 1. The largest absolute Gasteiger partial charge is 0.335 e. The van der Waals surface area contributed by atoms with E-state index in [4.69, 9.17) is 0 Å². The summed E-state index contributed by atoms with van der Waals surface area (Å²) in [7, 11) is 0. The van der Waals surface area contributed by atoms with E-state index in [0.29, 0.717) is 30.6 Å². The average Bonchev–Trinajstić information content (AvgIpc) is 3.40. The first-order valence-electron chi connectivity index (χ1n) is 9.74. The molecule has 2 aliphatic carbocycles. The van der Waals surface area contributed by atoms with Gasteiger partial charge in [0.2, 0.25) is 0 Å². The number of rotatable bonds is 4. The zero-order chi connectivity index (χ0) is 17.2. The first kappa shape index (κ1) is 16.6. The molecule has 3 aliphatic rings. The van der Waals surface area contributed by atoms with Gasteiger partial charge in [-0.3, -0.25) is 14.8 Å². The van der Waals surface area contributed by atoms with E-state index in [-0.39, 0.29) is 11.9 Å². The topological polar surface area (TPSA) is 76.0 Å². The van der Waals surface area contributed by atoms with E-state index in [1.165, 1.54) is 44.9 Å². The lowest BCUT2D eigenvalue weighted by atomic mass is 9.83. The molecule has 6 nitrogen and oxygen atoms in total. The number of nitriles is 1. The van der Waals surface area contributed by atoms with Crippen molar-refractivity contribution in [2.45, 2.75) is 56.9 Å². The fraction of sp³-hybridized carbons (Fsp3) is 0.737. The van der Waals surface area contributed by atoms with Crippen molar-refractivity contribution in [2.24, 2.45) is 5.92 Å². The van der Waals surface area contributed by atoms with Crippen molar-refractivity contribution >= 4 is 5.91 Å². The first-order valence-corrected chi connectivity index (χ1v) is 9.74. The number of nitrogens with zero attached hydrogens (tertiary/aromatic N) is 4. The second-order valence-corrected chi connectivity index (χ2v) is 7.78. The average molecular weight is 341 g/mol. The van der Waals surface area contributed by atoms with E-state index in [1.54, 1.807) is 0 Å². The molecule has 1 saturated heterocycles. The summed E-state index contributed by atoms with van der Waals surface area (Å²) >= 11 is 0. The van der Waals surface area contributed by atoms with Gasteiger partial charge in [0, 0.05) is 37.8 Å². The molecule has 6 heteroatoms. The van der Waals surface area contributed by atoms with Crippen LogP contribution in [0.2, 0.25) is 0 Å². The molecule has 1 aliphatic heterocycles. The summed E-state index contributed by atoms with van der Waals surface area (Å²) < 4.78 is 0. The summed E-state index contributed by atoms with van der Waals surface area (Å²) in [6, 6.07) is 4.49. The first-order chi connectivity index (χ1) is 12.3. The quantitative estimate of drug-likeness (QED) is 0.913. The van der Waals surface area contributed by atoms with Crippen molar-refractivity contribution in [1.29, 1.82) is 5.26 Å². The number of aromatic nitrogens is 2. The van der Waals surface area contributed by atoms with Crippen LogP contribution in [0.3, 0.4) is 0 Å². The lowest BCUT2D eigenvalue weighted by Gasteiger charge is -2.40. The summed E-state index contributed by atoms with van der Waals surface area (Å²) in [6.07, 6.45) is 8.57. The number of H-pyrrole nitrogens is 1. The molecule has 1 aromatic heterocycles. The summed E-state index contributed by atoms with van der Waals surface area (Å²) in [5.74, 6) is 1.11. The standard InChI is InChI=1S/C19H27N5O/c20-13-18(15-4-2-1-3-5-15)23-8-10-24(11-9-23)19(25)17-12-16(21-22-17)14-6-7-14/h12,14-15,18H,1-11H2,(H,21,22). The number of hydrogen-bond acceptors (Lipinski definition) is 4. The number of nitrogens with one attached hydrogen (secondary N) is 1. The SMILES string of the molecule is N#CC(C1CCCCC1)N1CCN(C(=O)c2cc(C3CC3)[nH]n2)CC1. The van der Waals surface area contributed by atoms with Gasteiger partial charge in [-0.2, -0.15) is 10.4 Å². The Morgan fingerprint density at radius 3 is 2.52 bits per heavy atom. The van der Waals surface area contributed by atoms with Gasteiger partial charge < -0.3 is 4.90 Å². The van der Waals surface area contributed by atoms with Gasteiger partial charge in [-0.05, 0) is 37.7 Å². The highest BCUT2D eigenvalue weighted by Crippen LogP contribution is 2.39. The summed E-state index contributed by atoms with van der Waals surface area (Å²) in [4.78, 5) is 16.8. The van der Waals surface area contributed by atoms with Gasteiger partial charge in [-0.25, -0.2) is 0 Å². The molecule has 1 amide bonds. The van der Waals surface area contributed by atoms with Crippen LogP contribution in [0.4, 0.5) is 0 Å². The fourth-order valence-electron chi connectivity index (χ4n) is 4.35. The van der Waals surface area contributed by atoms with Gasteiger partial charge in [-0.1, -0.05) is 19.3 Å². The maximum atomic E-state index is 12.7. The van der Waals surface area contributed by atoms with Gasteiger partial charge in [0.1, 0.15) is 11.7 Å². The van der Waals surface area contributed by atoms with Crippen LogP contribution in [0.15, 0.2) is 6.07 Å². The van der Waals surface area contributed by atoms with E-state index in [2.05, 4.69) is 21.2 Å². The van der Waals surface area contributed by atoms with Crippen molar-refractivity contribution < 1.29 is 4.79 Å². The molecule has 25 heavy (non-hydrogen) atoms. The summed E-state index contributed by atoms with van der Waals surface area (Å²) in [5.41, 5.74) is 1.64. The third-order valence-electron chi connectivity index (χ3n) is 6.06. The molecule has 0 spiro atoms. The molecule has 2 saturated carbocycles. The highest BCUT2D eigenvalue weighted by atomic mass is 16.2. The molecule has 1 atom stereocenters. The minimum Gasteiger partial charge on any atom is -0.335 e. The fourth-order valence-corrected chi connectivity index (χ4v) is 4.35.